The lowest BCUT2D eigenvalue weighted by atomic mass is 10.0. The highest BCUT2D eigenvalue weighted by molar-refractivity contribution is 5.74. The van der Waals surface area contributed by atoms with Gasteiger partial charge in [0.25, 0.3) is 0 Å². The first-order valence-corrected chi connectivity index (χ1v) is 8.58. The van der Waals surface area contributed by atoms with Crippen molar-refractivity contribution in [3.63, 3.8) is 0 Å². The van der Waals surface area contributed by atoms with Crippen LogP contribution in [0.15, 0.2) is 30.3 Å². The molecule has 6 nitrogen and oxygen atoms in total. The molecule has 6 heteroatoms. The third kappa shape index (κ3) is 4.21. The molecule has 0 saturated carbocycles. The summed E-state index contributed by atoms with van der Waals surface area (Å²) >= 11 is 0. The number of ether oxygens (including phenoxy) is 2. The van der Waals surface area contributed by atoms with Crippen LogP contribution in [0.4, 0.5) is 11.5 Å². The van der Waals surface area contributed by atoms with Gasteiger partial charge in [-0.15, -0.1) is 0 Å². The molecule has 25 heavy (non-hydrogen) atoms. The molecule has 2 aromatic rings. The molecule has 1 aromatic heterocycles. The van der Waals surface area contributed by atoms with Crippen molar-refractivity contribution in [1.29, 1.82) is 0 Å². The lowest BCUT2D eigenvalue weighted by Crippen LogP contribution is -2.36. The van der Waals surface area contributed by atoms with E-state index in [4.69, 9.17) is 14.6 Å². The first kappa shape index (κ1) is 17.5. The number of pyridine rings is 1. The van der Waals surface area contributed by atoms with Crippen molar-refractivity contribution in [2.75, 3.05) is 56.8 Å². The average Bonchev–Trinajstić information content (AvgIpc) is 2.67. The van der Waals surface area contributed by atoms with Gasteiger partial charge >= 0.3 is 0 Å². The Morgan fingerprint density at radius 3 is 2.76 bits per heavy atom. The summed E-state index contributed by atoms with van der Waals surface area (Å²) in [6.07, 6.45) is 0. The zero-order chi connectivity index (χ0) is 17.6. The fourth-order valence-electron chi connectivity index (χ4n) is 2.91. The summed E-state index contributed by atoms with van der Waals surface area (Å²) < 4.78 is 11.0. The molecule has 1 saturated heterocycles. The smallest absolute Gasteiger partial charge is 0.215 e. The van der Waals surface area contributed by atoms with Gasteiger partial charge in [-0.1, -0.05) is 6.07 Å². The van der Waals surface area contributed by atoms with Crippen LogP contribution in [0.1, 0.15) is 5.56 Å². The van der Waals surface area contributed by atoms with E-state index in [0.717, 1.165) is 35.7 Å². The number of morpholine rings is 1. The maximum absolute atomic E-state index is 9.06. The Labute approximate surface area is 148 Å². The highest BCUT2D eigenvalue weighted by Crippen LogP contribution is 2.31. The van der Waals surface area contributed by atoms with Crippen LogP contribution < -0.4 is 15.0 Å². The molecule has 0 spiro atoms. The lowest BCUT2D eigenvalue weighted by Gasteiger charge is -2.28. The molecule has 0 amide bonds. The van der Waals surface area contributed by atoms with Crippen molar-refractivity contribution >= 4 is 11.5 Å². The van der Waals surface area contributed by atoms with E-state index in [1.165, 1.54) is 5.56 Å². The molecule has 0 radical (unpaired) electrons. The van der Waals surface area contributed by atoms with Gasteiger partial charge in [-0.3, -0.25) is 0 Å². The fourth-order valence-corrected chi connectivity index (χ4v) is 2.91. The predicted molar refractivity (Wildman–Crippen MR) is 99.6 cm³/mol. The fraction of sp³-hybridized carbons (Fsp3) is 0.421. The van der Waals surface area contributed by atoms with E-state index >= 15 is 0 Å². The topological polar surface area (TPSA) is 66.8 Å². The van der Waals surface area contributed by atoms with E-state index in [0.29, 0.717) is 19.1 Å². The summed E-state index contributed by atoms with van der Waals surface area (Å²) in [5.74, 6) is 1.41. The van der Waals surface area contributed by atoms with Crippen LogP contribution in [0, 0.1) is 6.92 Å². The average molecular weight is 343 g/mol. The van der Waals surface area contributed by atoms with Crippen LogP contribution in [0.3, 0.4) is 0 Å². The summed E-state index contributed by atoms with van der Waals surface area (Å²) in [6.45, 7) is 5.32. The quantitative estimate of drug-likeness (QED) is 0.839. The number of rotatable bonds is 6. The zero-order valence-electron chi connectivity index (χ0n) is 14.8. The van der Waals surface area contributed by atoms with Crippen molar-refractivity contribution in [2.45, 2.75) is 6.92 Å². The minimum atomic E-state index is -0.0347. The number of anilines is 2. The van der Waals surface area contributed by atoms with Crippen molar-refractivity contribution in [1.82, 2.24) is 4.98 Å². The molecular weight excluding hydrogens is 318 g/mol. The van der Waals surface area contributed by atoms with Gasteiger partial charge in [0, 0.05) is 31.9 Å². The molecule has 0 unspecified atom stereocenters. The van der Waals surface area contributed by atoms with Crippen LogP contribution in [-0.2, 0) is 4.74 Å². The number of hydrogen-bond donors (Lipinski definition) is 2. The van der Waals surface area contributed by atoms with Crippen LogP contribution in [0.25, 0.3) is 11.1 Å². The maximum Gasteiger partial charge on any atom is 0.215 e. The number of nitrogens with one attached hydrogen (secondary N) is 1. The number of hydrogen-bond acceptors (Lipinski definition) is 6. The Morgan fingerprint density at radius 1 is 1.24 bits per heavy atom. The van der Waals surface area contributed by atoms with Crippen LogP contribution >= 0.6 is 0 Å². The molecule has 0 aliphatic carbocycles. The number of aromatic nitrogens is 1. The van der Waals surface area contributed by atoms with E-state index in [9.17, 15) is 0 Å². The van der Waals surface area contributed by atoms with Gasteiger partial charge in [-0.2, -0.15) is 4.98 Å². The zero-order valence-corrected chi connectivity index (χ0v) is 14.8. The van der Waals surface area contributed by atoms with Gasteiger partial charge in [-0.05, 0) is 41.8 Å². The lowest BCUT2D eigenvalue weighted by molar-refractivity contribution is 0.122. The van der Waals surface area contributed by atoms with E-state index in [-0.39, 0.29) is 13.2 Å². The SMILES string of the molecule is CNc1ccc(C)c(-c2cc(OCCO)nc(N3CCOCC3)c2)c1. The minimum absolute atomic E-state index is 0.0347. The number of aryl methyl sites for hydroxylation is 1. The van der Waals surface area contributed by atoms with E-state index in [1.54, 1.807) is 0 Å². The van der Waals surface area contributed by atoms with Gasteiger partial charge in [0.2, 0.25) is 5.88 Å². The Kier molecular flexibility index (Phi) is 5.73. The largest absolute Gasteiger partial charge is 0.475 e. The van der Waals surface area contributed by atoms with Crippen LogP contribution in [-0.4, -0.2) is 56.7 Å². The second-order valence-corrected chi connectivity index (χ2v) is 6.00. The van der Waals surface area contributed by atoms with Gasteiger partial charge in [0.05, 0.1) is 19.8 Å². The molecule has 2 N–H and O–H groups in total. The Bertz CT molecular complexity index is 715. The van der Waals surface area contributed by atoms with Crippen LogP contribution in [0.5, 0.6) is 5.88 Å². The monoisotopic (exact) mass is 343 g/mol. The van der Waals surface area contributed by atoms with Gasteiger partial charge in [0.1, 0.15) is 12.4 Å². The van der Waals surface area contributed by atoms with Crippen molar-refractivity contribution in [3.05, 3.63) is 35.9 Å². The Balaban J connectivity index is 2.02. The van der Waals surface area contributed by atoms with E-state index < -0.39 is 0 Å². The van der Waals surface area contributed by atoms with Crippen molar-refractivity contribution in [2.24, 2.45) is 0 Å². The third-order valence-electron chi connectivity index (χ3n) is 4.30. The Morgan fingerprint density at radius 2 is 2.04 bits per heavy atom. The second kappa shape index (κ2) is 8.18. The first-order chi connectivity index (χ1) is 12.2. The van der Waals surface area contributed by atoms with Gasteiger partial charge < -0.3 is 24.8 Å². The summed E-state index contributed by atoms with van der Waals surface area (Å²) in [4.78, 5) is 6.82. The maximum atomic E-state index is 9.06. The normalized spacial score (nSPS) is 14.4. The second-order valence-electron chi connectivity index (χ2n) is 6.00. The van der Waals surface area contributed by atoms with Crippen LogP contribution in [0.2, 0.25) is 0 Å². The molecule has 1 fully saturated rings. The molecule has 2 heterocycles. The van der Waals surface area contributed by atoms with Gasteiger partial charge in [-0.25, -0.2) is 0 Å². The molecule has 0 bridgehead atoms. The molecule has 1 aromatic carbocycles. The summed E-state index contributed by atoms with van der Waals surface area (Å²) in [5, 5.41) is 12.2. The number of aliphatic hydroxyl groups excluding tert-OH is 1. The van der Waals surface area contributed by atoms with Crippen molar-refractivity contribution in [3.8, 4) is 17.0 Å². The van der Waals surface area contributed by atoms with Gasteiger partial charge in [0.15, 0.2) is 0 Å². The minimum Gasteiger partial charge on any atom is -0.475 e. The van der Waals surface area contributed by atoms with E-state index in [2.05, 4.69) is 46.4 Å². The molecular formula is C19H25N3O3. The Hall–Kier alpha value is -2.31. The predicted octanol–water partition coefficient (Wildman–Crippen LogP) is 2.31. The number of nitrogens with zero attached hydrogens (tertiary/aromatic N) is 2. The molecule has 134 valence electrons. The summed E-state index contributed by atoms with van der Waals surface area (Å²) in [7, 11) is 1.91. The first-order valence-electron chi connectivity index (χ1n) is 8.58. The van der Waals surface area contributed by atoms with E-state index in [1.807, 2.05) is 13.1 Å². The highest BCUT2D eigenvalue weighted by Gasteiger charge is 2.16. The third-order valence-corrected chi connectivity index (χ3v) is 4.30. The summed E-state index contributed by atoms with van der Waals surface area (Å²) in [6, 6.07) is 10.3. The van der Waals surface area contributed by atoms with Crippen molar-refractivity contribution < 1.29 is 14.6 Å². The number of aliphatic hydroxyl groups is 1. The molecule has 0 atom stereocenters. The standard InChI is InChI=1S/C19H25N3O3/c1-14-3-4-16(20-2)13-17(14)15-11-18(22-5-8-24-9-6-22)21-19(12-15)25-10-7-23/h3-4,11-13,20,23H,5-10H2,1-2H3. The molecule has 1 aliphatic rings. The summed E-state index contributed by atoms with van der Waals surface area (Å²) in [5.41, 5.74) is 4.44. The molecule has 1 aliphatic heterocycles. The highest BCUT2D eigenvalue weighted by atomic mass is 16.5. The molecule has 3 rings (SSSR count). The number of benzene rings is 1.